The number of aromatic nitrogens is 2. The van der Waals surface area contributed by atoms with E-state index < -0.39 is 0 Å². The van der Waals surface area contributed by atoms with Crippen LogP contribution in [0.15, 0.2) is 42.9 Å². The monoisotopic (exact) mass is 326 g/mol. The number of hydrogen-bond acceptors (Lipinski definition) is 5. The normalized spacial score (nSPS) is 16.9. The molecule has 0 spiro atoms. The molecule has 2 aromatic rings. The summed E-state index contributed by atoms with van der Waals surface area (Å²) >= 11 is 0. The number of anilines is 1. The van der Waals surface area contributed by atoms with Crippen molar-refractivity contribution in [2.24, 2.45) is 0 Å². The fourth-order valence-electron chi connectivity index (χ4n) is 2.96. The van der Waals surface area contributed by atoms with E-state index in [1.165, 1.54) is 0 Å². The van der Waals surface area contributed by atoms with Gasteiger partial charge in [0.1, 0.15) is 11.6 Å². The lowest BCUT2D eigenvalue weighted by Crippen LogP contribution is -2.34. The summed E-state index contributed by atoms with van der Waals surface area (Å²) in [5.74, 6) is 1.52. The zero-order chi connectivity index (χ0) is 16.9. The molecule has 24 heavy (non-hydrogen) atoms. The van der Waals surface area contributed by atoms with E-state index in [2.05, 4.69) is 16.0 Å². The highest BCUT2D eigenvalue weighted by Crippen LogP contribution is 2.32. The highest BCUT2D eigenvalue weighted by Gasteiger charge is 2.30. The van der Waals surface area contributed by atoms with E-state index in [-0.39, 0.29) is 18.6 Å². The third kappa shape index (κ3) is 3.64. The van der Waals surface area contributed by atoms with Crippen molar-refractivity contribution in [2.45, 2.75) is 18.9 Å². The first-order valence-electron chi connectivity index (χ1n) is 8.11. The van der Waals surface area contributed by atoms with Crippen LogP contribution in [0.2, 0.25) is 0 Å². The predicted octanol–water partition coefficient (Wildman–Crippen LogP) is 2.29. The Morgan fingerprint density at radius 2 is 2.25 bits per heavy atom. The molecule has 1 fully saturated rings. The number of amides is 1. The van der Waals surface area contributed by atoms with Crippen molar-refractivity contribution in [3.63, 3.8) is 0 Å². The average Bonchev–Trinajstić information content (AvgIpc) is 3.10. The number of ether oxygens (including phenoxy) is 1. The SMILES string of the molecule is CN(C)c1cc([C@@H]2CCCN2C(=O)COc2cccnc2)ccn1. The zero-order valence-electron chi connectivity index (χ0n) is 14.1. The van der Waals surface area contributed by atoms with E-state index in [0.717, 1.165) is 30.8 Å². The van der Waals surface area contributed by atoms with E-state index in [4.69, 9.17) is 4.74 Å². The molecular formula is C18H22N4O2. The third-order valence-corrected chi connectivity index (χ3v) is 4.18. The second-order valence-corrected chi connectivity index (χ2v) is 6.06. The van der Waals surface area contributed by atoms with Gasteiger partial charge in [-0.2, -0.15) is 0 Å². The summed E-state index contributed by atoms with van der Waals surface area (Å²) in [5, 5.41) is 0. The van der Waals surface area contributed by atoms with Crippen LogP contribution in [0, 0.1) is 0 Å². The first-order chi connectivity index (χ1) is 11.6. The van der Waals surface area contributed by atoms with E-state index in [9.17, 15) is 4.79 Å². The van der Waals surface area contributed by atoms with Crippen LogP contribution >= 0.6 is 0 Å². The second kappa shape index (κ2) is 7.29. The minimum Gasteiger partial charge on any atom is -0.482 e. The van der Waals surface area contributed by atoms with Gasteiger partial charge in [0.25, 0.3) is 5.91 Å². The van der Waals surface area contributed by atoms with Gasteiger partial charge in [-0.25, -0.2) is 4.98 Å². The number of rotatable bonds is 5. The van der Waals surface area contributed by atoms with Gasteiger partial charge in [-0.1, -0.05) is 0 Å². The van der Waals surface area contributed by atoms with Crippen molar-refractivity contribution >= 4 is 11.7 Å². The number of nitrogens with zero attached hydrogens (tertiary/aromatic N) is 4. The zero-order valence-corrected chi connectivity index (χ0v) is 14.1. The van der Waals surface area contributed by atoms with Crippen molar-refractivity contribution < 1.29 is 9.53 Å². The maximum absolute atomic E-state index is 12.6. The fourth-order valence-corrected chi connectivity index (χ4v) is 2.96. The predicted molar refractivity (Wildman–Crippen MR) is 92.0 cm³/mol. The summed E-state index contributed by atoms with van der Waals surface area (Å²) in [4.78, 5) is 24.8. The molecule has 0 N–H and O–H groups in total. The van der Waals surface area contributed by atoms with Crippen LogP contribution in [0.3, 0.4) is 0 Å². The molecule has 1 aliphatic heterocycles. The topological polar surface area (TPSA) is 58.6 Å². The quantitative estimate of drug-likeness (QED) is 0.844. The Labute approximate surface area is 142 Å². The Morgan fingerprint density at radius 3 is 3.00 bits per heavy atom. The summed E-state index contributed by atoms with van der Waals surface area (Å²) < 4.78 is 5.55. The van der Waals surface area contributed by atoms with Gasteiger partial charge in [0.05, 0.1) is 12.2 Å². The third-order valence-electron chi connectivity index (χ3n) is 4.18. The Balaban J connectivity index is 1.68. The number of pyridine rings is 2. The summed E-state index contributed by atoms with van der Waals surface area (Å²) in [5.41, 5.74) is 1.13. The van der Waals surface area contributed by atoms with Crippen LogP contribution in [0.4, 0.5) is 5.82 Å². The van der Waals surface area contributed by atoms with Gasteiger partial charge in [-0.3, -0.25) is 9.78 Å². The molecule has 1 atom stereocenters. The van der Waals surface area contributed by atoms with E-state index >= 15 is 0 Å². The first kappa shape index (κ1) is 16.2. The summed E-state index contributed by atoms with van der Waals surface area (Å²) in [6.07, 6.45) is 7.06. The van der Waals surface area contributed by atoms with Crippen LogP contribution < -0.4 is 9.64 Å². The Morgan fingerprint density at radius 1 is 1.38 bits per heavy atom. The van der Waals surface area contributed by atoms with E-state index in [1.807, 2.05) is 30.0 Å². The van der Waals surface area contributed by atoms with Gasteiger partial charge < -0.3 is 14.5 Å². The molecule has 6 nitrogen and oxygen atoms in total. The molecule has 6 heteroatoms. The van der Waals surface area contributed by atoms with Gasteiger partial charge in [0, 0.05) is 33.0 Å². The molecule has 1 amide bonds. The first-order valence-corrected chi connectivity index (χ1v) is 8.11. The van der Waals surface area contributed by atoms with Crippen LogP contribution in [0.5, 0.6) is 5.75 Å². The molecule has 1 saturated heterocycles. The van der Waals surface area contributed by atoms with Gasteiger partial charge in [0.2, 0.25) is 0 Å². The second-order valence-electron chi connectivity index (χ2n) is 6.06. The van der Waals surface area contributed by atoms with Crippen molar-refractivity contribution in [1.29, 1.82) is 0 Å². The van der Waals surface area contributed by atoms with Gasteiger partial charge >= 0.3 is 0 Å². The van der Waals surface area contributed by atoms with Crippen molar-refractivity contribution in [2.75, 3.05) is 32.1 Å². The Bertz CT molecular complexity index is 690. The number of carbonyl (C=O) groups excluding carboxylic acids is 1. The number of likely N-dealkylation sites (tertiary alicyclic amines) is 1. The van der Waals surface area contributed by atoms with Crippen molar-refractivity contribution in [3.8, 4) is 5.75 Å². The molecule has 0 unspecified atom stereocenters. The summed E-state index contributed by atoms with van der Waals surface area (Å²) in [6.45, 7) is 0.799. The highest BCUT2D eigenvalue weighted by atomic mass is 16.5. The standard InChI is InChI=1S/C18H22N4O2/c1-21(2)17-11-14(7-9-20-17)16-6-4-10-22(16)18(23)13-24-15-5-3-8-19-12-15/h3,5,7-9,11-12,16H,4,6,10,13H2,1-2H3/t16-/m0/s1. The molecule has 3 heterocycles. The van der Waals surface area contributed by atoms with Gasteiger partial charge in [-0.05, 0) is 42.7 Å². The van der Waals surface area contributed by atoms with Crippen molar-refractivity contribution in [3.05, 3.63) is 48.4 Å². The maximum Gasteiger partial charge on any atom is 0.261 e. The molecule has 3 rings (SSSR count). The molecule has 126 valence electrons. The van der Waals surface area contributed by atoms with E-state index in [1.54, 1.807) is 30.7 Å². The van der Waals surface area contributed by atoms with Crippen LogP contribution in [0.25, 0.3) is 0 Å². The maximum atomic E-state index is 12.6. The van der Waals surface area contributed by atoms with Crippen LogP contribution in [-0.4, -0.2) is 48.0 Å². The molecule has 2 aromatic heterocycles. The lowest BCUT2D eigenvalue weighted by atomic mass is 10.1. The molecule has 0 aromatic carbocycles. The van der Waals surface area contributed by atoms with Gasteiger partial charge in [-0.15, -0.1) is 0 Å². The smallest absolute Gasteiger partial charge is 0.261 e. The molecule has 0 aliphatic carbocycles. The molecule has 1 aliphatic rings. The molecular weight excluding hydrogens is 304 g/mol. The Kier molecular flexibility index (Phi) is 4.93. The fraction of sp³-hybridized carbons (Fsp3) is 0.389. The minimum atomic E-state index is 0.00423. The lowest BCUT2D eigenvalue weighted by molar-refractivity contribution is -0.134. The highest BCUT2D eigenvalue weighted by molar-refractivity contribution is 5.78. The van der Waals surface area contributed by atoms with Crippen LogP contribution in [-0.2, 0) is 4.79 Å². The lowest BCUT2D eigenvalue weighted by Gasteiger charge is -2.26. The Hall–Kier alpha value is -2.63. The average molecular weight is 326 g/mol. The van der Waals surface area contributed by atoms with Gasteiger partial charge in [0.15, 0.2) is 6.61 Å². The van der Waals surface area contributed by atoms with Crippen molar-refractivity contribution in [1.82, 2.24) is 14.9 Å². The molecule has 0 radical (unpaired) electrons. The van der Waals surface area contributed by atoms with Crippen LogP contribution in [0.1, 0.15) is 24.4 Å². The number of carbonyl (C=O) groups is 1. The number of hydrogen-bond donors (Lipinski definition) is 0. The summed E-state index contributed by atoms with van der Waals surface area (Å²) in [7, 11) is 3.93. The largest absolute Gasteiger partial charge is 0.482 e. The summed E-state index contributed by atoms with van der Waals surface area (Å²) in [6, 6.07) is 7.73. The van der Waals surface area contributed by atoms with E-state index in [0.29, 0.717) is 5.75 Å². The minimum absolute atomic E-state index is 0.00423. The molecule has 0 bridgehead atoms. The molecule has 0 saturated carbocycles.